The third-order valence-electron chi connectivity index (χ3n) is 3.34. The number of methoxy groups -OCH3 is 1. The first-order chi connectivity index (χ1) is 9.12. The molecule has 1 atom stereocenters. The van der Waals surface area contributed by atoms with E-state index < -0.39 is 0 Å². The molecule has 108 valence electrons. The molecule has 0 amide bonds. The third kappa shape index (κ3) is 4.71. The highest BCUT2D eigenvalue weighted by molar-refractivity contribution is 5.49. The SMILES string of the molecule is CCN(CC)c1ccc(NC(COC)C(C)C)cn1. The van der Waals surface area contributed by atoms with Crippen LogP contribution in [0, 0.1) is 5.92 Å². The predicted molar refractivity (Wildman–Crippen MR) is 81.9 cm³/mol. The fourth-order valence-corrected chi connectivity index (χ4v) is 2.00. The number of ether oxygens (including phenoxy) is 1. The van der Waals surface area contributed by atoms with E-state index >= 15 is 0 Å². The van der Waals surface area contributed by atoms with Gasteiger partial charge in [0.15, 0.2) is 0 Å². The van der Waals surface area contributed by atoms with Gasteiger partial charge in [-0.05, 0) is 31.9 Å². The van der Waals surface area contributed by atoms with Gasteiger partial charge in [-0.25, -0.2) is 4.98 Å². The van der Waals surface area contributed by atoms with Crippen LogP contribution in [0.3, 0.4) is 0 Å². The van der Waals surface area contributed by atoms with Crippen molar-refractivity contribution in [3.05, 3.63) is 18.3 Å². The Kier molecular flexibility index (Phi) is 6.64. The summed E-state index contributed by atoms with van der Waals surface area (Å²) in [6.45, 7) is 11.3. The highest BCUT2D eigenvalue weighted by atomic mass is 16.5. The fourth-order valence-electron chi connectivity index (χ4n) is 2.00. The number of nitrogens with one attached hydrogen (secondary N) is 1. The van der Waals surface area contributed by atoms with Gasteiger partial charge >= 0.3 is 0 Å². The third-order valence-corrected chi connectivity index (χ3v) is 3.34. The maximum atomic E-state index is 5.24. The van der Waals surface area contributed by atoms with Gasteiger partial charge in [0.1, 0.15) is 5.82 Å². The first-order valence-electron chi connectivity index (χ1n) is 7.08. The lowest BCUT2D eigenvalue weighted by Gasteiger charge is -2.23. The summed E-state index contributed by atoms with van der Waals surface area (Å²) in [7, 11) is 1.73. The molecule has 1 heterocycles. The van der Waals surface area contributed by atoms with E-state index in [1.54, 1.807) is 7.11 Å². The van der Waals surface area contributed by atoms with E-state index in [2.05, 4.69) is 55.0 Å². The van der Waals surface area contributed by atoms with Gasteiger partial charge in [0, 0.05) is 20.2 Å². The summed E-state index contributed by atoms with van der Waals surface area (Å²) in [5, 5.41) is 3.48. The number of pyridine rings is 1. The summed E-state index contributed by atoms with van der Waals surface area (Å²) in [6, 6.07) is 4.47. The summed E-state index contributed by atoms with van der Waals surface area (Å²) in [5.41, 5.74) is 1.05. The van der Waals surface area contributed by atoms with Crippen LogP contribution < -0.4 is 10.2 Å². The van der Waals surface area contributed by atoms with Gasteiger partial charge in [0.05, 0.1) is 24.5 Å². The fraction of sp³-hybridized carbons (Fsp3) is 0.667. The molecule has 4 nitrogen and oxygen atoms in total. The average Bonchev–Trinajstić information content (AvgIpc) is 2.41. The molecule has 0 fully saturated rings. The van der Waals surface area contributed by atoms with E-state index in [-0.39, 0.29) is 0 Å². The smallest absolute Gasteiger partial charge is 0.128 e. The second-order valence-electron chi connectivity index (χ2n) is 5.03. The van der Waals surface area contributed by atoms with Crippen LogP contribution in [0.25, 0.3) is 0 Å². The predicted octanol–water partition coefficient (Wildman–Crippen LogP) is 3.01. The van der Waals surface area contributed by atoms with Gasteiger partial charge in [-0.2, -0.15) is 0 Å². The highest BCUT2D eigenvalue weighted by Gasteiger charge is 2.13. The van der Waals surface area contributed by atoms with Crippen LogP contribution in [0.5, 0.6) is 0 Å². The summed E-state index contributed by atoms with van der Waals surface area (Å²) in [4.78, 5) is 6.75. The molecule has 1 aromatic heterocycles. The van der Waals surface area contributed by atoms with Crippen molar-refractivity contribution in [2.24, 2.45) is 5.92 Å². The molecule has 1 N–H and O–H groups in total. The molecule has 0 saturated carbocycles. The number of aromatic nitrogens is 1. The van der Waals surface area contributed by atoms with Crippen molar-refractivity contribution >= 4 is 11.5 Å². The van der Waals surface area contributed by atoms with E-state index in [0.29, 0.717) is 18.6 Å². The lowest BCUT2D eigenvalue weighted by Crippen LogP contribution is -2.30. The van der Waals surface area contributed by atoms with Crippen LogP contribution in [0.1, 0.15) is 27.7 Å². The minimum absolute atomic E-state index is 0.311. The maximum Gasteiger partial charge on any atom is 0.128 e. The van der Waals surface area contributed by atoms with E-state index in [4.69, 9.17) is 4.74 Å². The largest absolute Gasteiger partial charge is 0.383 e. The number of hydrogen-bond acceptors (Lipinski definition) is 4. The van der Waals surface area contributed by atoms with Crippen LogP contribution in [-0.2, 0) is 4.74 Å². The quantitative estimate of drug-likeness (QED) is 0.784. The van der Waals surface area contributed by atoms with E-state index in [0.717, 1.165) is 24.6 Å². The number of hydrogen-bond donors (Lipinski definition) is 1. The molecule has 0 aromatic carbocycles. The molecule has 1 rings (SSSR count). The Balaban J connectivity index is 2.70. The molecule has 0 aliphatic carbocycles. The Morgan fingerprint density at radius 3 is 2.37 bits per heavy atom. The Morgan fingerprint density at radius 2 is 1.95 bits per heavy atom. The van der Waals surface area contributed by atoms with Gasteiger partial charge in [-0.3, -0.25) is 0 Å². The van der Waals surface area contributed by atoms with Crippen molar-refractivity contribution in [3.63, 3.8) is 0 Å². The van der Waals surface area contributed by atoms with Crippen molar-refractivity contribution in [2.45, 2.75) is 33.7 Å². The molecule has 0 spiro atoms. The Hall–Kier alpha value is -1.29. The van der Waals surface area contributed by atoms with Crippen LogP contribution in [0.4, 0.5) is 11.5 Å². The molecule has 0 saturated heterocycles. The standard InChI is InChI=1S/C15H27N3O/c1-6-18(7-2)15-9-8-13(10-16-15)17-14(11-19-5)12(3)4/h8-10,12,14,17H,6-7,11H2,1-5H3. The average molecular weight is 265 g/mol. The molecule has 0 radical (unpaired) electrons. The van der Waals surface area contributed by atoms with Gasteiger partial charge in [0.25, 0.3) is 0 Å². The minimum Gasteiger partial charge on any atom is -0.383 e. The lowest BCUT2D eigenvalue weighted by molar-refractivity contribution is 0.171. The van der Waals surface area contributed by atoms with E-state index in [9.17, 15) is 0 Å². The van der Waals surface area contributed by atoms with Crippen LogP contribution in [0.15, 0.2) is 18.3 Å². The van der Waals surface area contributed by atoms with Gasteiger partial charge in [-0.1, -0.05) is 13.8 Å². The van der Waals surface area contributed by atoms with Crippen LogP contribution in [-0.4, -0.2) is 37.8 Å². The van der Waals surface area contributed by atoms with Gasteiger partial charge in [0.2, 0.25) is 0 Å². The number of rotatable bonds is 8. The van der Waals surface area contributed by atoms with Crippen molar-refractivity contribution in [2.75, 3.05) is 37.0 Å². The second-order valence-corrected chi connectivity index (χ2v) is 5.03. The van der Waals surface area contributed by atoms with Crippen LogP contribution >= 0.6 is 0 Å². The molecular formula is C15H27N3O. The van der Waals surface area contributed by atoms with Gasteiger partial charge < -0.3 is 15.0 Å². The molecule has 1 aromatic rings. The topological polar surface area (TPSA) is 37.4 Å². The van der Waals surface area contributed by atoms with E-state index in [1.807, 2.05) is 6.20 Å². The molecular weight excluding hydrogens is 238 g/mol. The van der Waals surface area contributed by atoms with Crippen molar-refractivity contribution in [3.8, 4) is 0 Å². The summed E-state index contributed by atoms with van der Waals surface area (Å²) in [5.74, 6) is 1.55. The van der Waals surface area contributed by atoms with E-state index in [1.165, 1.54) is 0 Å². The first-order valence-corrected chi connectivity index (χ1v) is 7.08. The zero-order valence-electron chi connectivity index (χ0n) is 12.8. The van der Waals surface area contributed by atoms with Crippen molar-refractivity contribution < 1.29 is 4.74 Å². The summed E-state index contributed by atoms with van der Waals surface area (Å²) < 4.78 is 5.24. The first kappa shape index (κ1) is 15.8. The van der Waals surface area contributed by atoms with Crippen molar-refractivity contribution in [1.82, 2.24) is 4.98 Å². The molecule has 0 bridgehead atoms. The zero-order valence-corrected chi connectivity index (χ0v) is 12.8. The normalized spacial score (nSPS) is 12.5. The lowest BCUT2D eigenvalue weighted by atomic mass is 10.1. The summed E-state index contributed by atoms with van der Waals surface area (Å²) >= 11 is 0. The maximum absolute atomic E-state index is 5.24. The molecule has 0 aliphatic rings. The number of nitrogens with zero attached hydrogens (tertiary/aromatic N) is 2. The Bertz CT molecular complexity index is 347. The summed E-state index contributed by atoms with van der Waals surface area (Å²) in [6.07, 6.45) is 1.90. The molecule has 1 unspecified atom stereocenters. The molecule has 19 heavy (non-hydrogen) atoms. The van der Waals surface area contributed by atoms with Crippen molar-refractivity contribution in [1.29, 1.82) is 0 Å². The monoisotopic (exact) mass is 265 g/mol. The number of anilines is 2. The molecule has 4 heteroatoms. The highest BCUT2D eigenvalue weighted by Crippen LogP contribution is 2.16. The zero-order chi connectivity index (χ0) is 14.3. The second kappa shape index (κ2) is 8.00. The van der Waals surface area contributed by atoms with Gasteiger partial charge in [-0.15, -0.1) is 0 Å². The Morgan fingerprint density at radius 1 is 1.26 bits per heavy atom. The minimum atomic E-state index is 0.311. The molecule has 0 aliphatic heterocycles. The van der Waals surface area contributed by atoms with Crippen LogP contribution in [0.2, 0.25) is 0 Å². The Labute approximate surface area is 117 Å².